The Bertz CT molecular complexity index is 679. The molecule has 0 saturated carbocycles. The average Bonchev–Trinajstić information content (AvgIpc) is 2.99. The Kier molecular flexibility index (Phi) is 4.19. The van der Waals surface area contributed by atoms with Gasteiger partial charge in [0.15, 0.2) is 0 Å². The zero-order valence-corrected chi connectivity index (χ0v) is 12.2. The number of para-hydroxylation sites is 1. The van der Waals surface area contributed by atoms with Gasteiger partial charge in [-0.15, -0.1) is 0 Å². The van der Waals surface area contributed by atoms with Crippen LogP contribution < -0.4 is 9.64 Å². The van der Waals surface area contributed by atoms with Crippen LogP contribution in [0.2, 0.25) is 0 Å². The Balaban J connectivity index is 1.72. The highest BCUT2D eigenvalue weighted by Gasteiger charge is 2.24. The molecule has 0 atom stereocenters. The highest BCUT2D eigenvalue weighted by Crippen LogP contribution is 2.29. The standard InChI is InChI=1S/C18H17NO3/c20-12-3-13-22-16-8-6-15(7-9-16)18(21)19-11-10-14-4-1-2-5-17(14)19/h1-2,4-9,12H,3,10-11,13H2. The van der Waals surface area contributed by atoms with Gasteiger partial charge in [0.25, 0.3) is 5.91 Å². The number of aldehydes is 1. The van der Waals surface area contributed by atoms with Crippen molar-refractivity contribution in [2.75, 3.05) is 18.1 Å². The smallest absolute Gasteiger partial charge is 0.258 e. The summed E-state index contributed by atoms with van der Waals surface area (Å²) in [4.78, 5) is 24.7. The third-order valence-electron chi connectivity index (χ3n) is 3.74. The molecule has 2 aromatic carbocycles. The van der Waals surface area contributed by atoms with Crippen LogP contribution in [0.3, 0.4) is 0 Å². The molecule has 0 spiro atoms. The second-order valence-corrected chi connectivity index (χ2v) is 5.16. The molecule has 112 valence electrons. The van der Waals surface area contributed by atoms with E-state index < -0.39 is 0 Å². The molecule has 0 radical (unpaired) electrons. The lowest BCUT2D eigenvalue weighted by Crippen LogP contribution is -2.28. The maximum Gasteiger partial charge on any atom is 0.258 e. The number of fused-ring (bicyclic) bond motifs is 1. The molecule has 1 amide bonds. The first-order chi connectivity index (χ1) is 10.8. The summed E-state index contributed by atoms with van der Waals surface area (Å²) in [6.07, 6.45) is 2.09. The Hall–Kier alpha value is -2.62. The summed E-state index contributed by atoms with van der Waals surface area (Å²) in [7, 11) is 0. The van der Waals surface area contributed by atoms with Crippen LogP contribution in [0.15, 0.2) is 48.5 Å². The molecule has 3 rings (SSSR count). The summed E-state index contributed by atoms with van der Waals surface area (Å²) in [5.41, 5.74) is 2.85. The molecule has 0 saturated heterocycles. The van der Waals surface area contributed by atoms with Crippen LogP contribution in [-0.4, -0.2) is 25.3 Å². The van der Waals surface area contributed by atoms with E-state index in [0.29, 0.717) is 24.3 Å². The number of anilines is 1. The van der Waals surface area contributed by atoms with Crippen molar-refractivity contribution >= 4 is 17.9 Å². The van der Waals surface area contributed by atoms with Crippen molar-refractivity contribution in [1.29, 1.82) is 0 Å². The maximum absolute atomic E-state index is 12.6. The third-order valence-corrected chi connectivity index (χ3v) is 3.74. The van der Waals surface area contributed by atoms with Crippen LogP contribution in [0.4, 0.5) is 5.69 Å². The first-order valence-electron chi connectivity index (χ1n) is 7.36. The molecule has 4 nitrogen and oxygen atoms in total. The van der Waals surface area contributed by atoms with E-state index >= 15 is 0 Å². The van der Waals surface area contributed by atoms with Gasteiger partial charge in [0.05, 0.1) is 6.61 Å². The van der Waals surface area contributed by atoms with Gasteiger partial charge in [0, 0.05) is 24.2 Å². The summed E-state index contributed by atoms with van der Waals surface area (Å²) in [6, 6.07) is 15.1. The monoisotopic (exact) mass is 295 g/mol. The number of carbonyl (C=O) groups is 2. The molecule has 4 heteroatoms. The van der Waals surface area contributed by atoms with Crippen molar-refractivity contribution in [2.24, 2.45) is 0 Å². The van der Waals surface area contributed by atoms with E-state index in [2.05, 4.69) is 6.07 Å². The van der Waals surface area contributed by atoms with Crippen molar-refractivity contribution in [3.63, 3.8) is 0 Å². The summed E-state index contributed by atoms with van der Waals surface area (Å²) in [6.45, 7) is 1.08. The molecule has 0 aliphatic carbocycles. The Morgan fingerprint density at radius 3 is 2.68 bits per heavy atom. The third kappa shape index (κ3) is 2.86. The van der Waals surface area contributed by atoms with Gasteiger partial charge in [-0.3, -0.25) is 4.79 Å². The van der Waals surface area contributed by atoms with Crippen molar-refractivity contribution < 1.29 is 14.3 Å². The van der Waals surface area contributed by atoms with Crippen LogP contribution in [-0.2, 0) is 11.2 Å². The largest absolute Gasteiger partial charge is 0.493 e. The molecule has 0 N–H and O–H groups in total. The van der Waals surface area contributed by atoms with Crippen molar-refractivity contribution in [2.45, 2.75) is 12.8 Å². The van der Waals surface area contributed by atoms with E-state index in [-0.39, 0.29) is 5.91 Å². The van der Waals surface area contributed by atoms with Crippen molar-refractivity contribution in [3.05, 3.63) is 59.7 Å². The zero-order chi connectivity index (χ0) is 15.4. The van der Waals surface area contributed by atoms with E-state index in [1.165, 1.54) is 5.56 Å². The lowest BCUT2D eigenvalue weighted by atomic mass is 10.1. The highest BCUT2D eigenvalue weighted by atomic mass is 16.5. The summed E-state index contributed by atoms with van der Waals surface area (Å²) in [5.74, 6) is 0.671. The highest BCUT2D eigenvalue weighted by molar-refractivity contribution is 6.07. The predicted octanol–water partition coefficient (Wildman–Crippen LogP) is 2.86. The van der Waals surface area contributed by atoms with E-state index in [9.17, 15) is 9.59 Å². The fourth-order valence-electron chi connectivity index (χ4n) is 2.62. The lowest BCUT2D eigenvalue weighted by Gasteiger charge is -2.17. The number of carbonyl (C=O) groups excluding carboxylic acids is 2. The summed E-state index contributed by atoms with van der Waals surface area (Å²) >= 11 is 0. The van der Waals surface area contributed by atoms with Gasteiger partial charge in [0.1, 0.15) is 12.0 Å². The Labute approximate surface area is 129 Å². The molecule has 1 aliphatic heterocycles. The van der Waals surface area contributed by atoms with Crippen LogP contribution >= 0.6 is 0 Å². The molecule has 0 fully saturated rings. The van der Waals surface area contributed by atoms with E-state index in [0.717, 1.165) is 24.9 Å². The maximum atomic E-state index is 12.6. The molecule has 0 unspecified atom stereocenters. The lowest BCUT2D eigenvalue weighted by molar-refractivity contribution is -0.108. The second kappa shape index (κ2) is 6.43. The fourth-order valence-corrected chi connectivity index (χ4v) is 2.62. The van der Waals surface area contributed by atoms with Crippen LogP contribution in [0.25, 0.3) is 0 Å². The predicted molar refractivity (Wildman–Crippen MR) is 84.4 cm³/mol. The Morgan fingerprint density at radius 2 is 1.91 bits per heavy atom. The molecular formula is C18H17NO3. The number of benzene rings is 2. The molecule has 2 aromatic rings. The number of hydrogen-bond acceptors (Lipinski definition) is 3. The van der Waals surface area contributed by atoms with E-state index in [4.69, 9.17) is 4.74 Å². The van der Waals surface area contributed by atoms with Gasteiger partial charge >= 0.3 is 0 Å². The minimum Gasteiger partial charge on any atom is -0.493 e. The van der Waals surface area contributed by atoms with Gasteiger partial charge in [-0.1, -0.05) is 18.2 Å². The minimum atomic E-state index is 0.00407. The average molecular weight is 295 g/mol. The van der Waals surface area contributed by atoms with Crippen molar-refractivity contribution in [1.82, 2.24) is 0 Å². The normalized spacial score (nSPS) is 12.8. The van der Waals surface area contributed by atoms with Crippen molar-refractivity contribution in [3.8, 4) is 5.75 Å². The number of nitrogens with zero attached hydrogens (tertiary/aromatic N) is 1. The van der Waals surface area contributed by atoms with E-state index in [1.54, 1.807) is 24.3 Å². The minimum absolute atomic E-state index is 0.00407. The molecule has 1 heterocycles. The topological polar surface area (TPSA) is 46.6 Å². The van der Waals surface area contributed by atoms with Gasteiger partial charge < -0.3 is 14.4 Å². The molecule has 22 heavy (non-hydrogen) atoms. The molecule has 1 aliphatic rings. The van der Waals surface area contributed by atoms with Crippen LogP contribution in [0.1, 0.15) is 22.3 Å². The number of amides is 1. The first-order valence-corrected chi connectivity index (χ1v) is 7.36. The Morgan fingerprint density at radius 1 is 1.14 bits per heavy atom. The molecular weight excluding hydrogens is 278 g/mol. The van der Waals surface area contributed by atoms with E-state index in [1.807, 2.05) is 23.1 Å². The van der Waals surface area contributed by atoms with Gasteiger partial charge in [-0.05, 0) is 42.3 Å². The quantitative estimate of drug-likeness (QED) is 0.629. The van der Waals surface area contributed by atoms with Gasteiger partial charge in [0.2, 0.25) is 0 Å². The fraction of sp³-hybridized carbons (Fsp3) is 0.222. The van der Waals surface area contributed by atoms with Gasteiger partial charge in [-0.25, -0.2) is 0 Å². The second-order valence-electron chi connectivity index (χ2n) is 5.16. The number of hydrogen-bond donors (Lipinski definition) is 0. The van der Waals surface area contributed by atoms with Crippen LogP contribution in [0, 0.1) is 0 Å². The summed E-state index contributed by atoms with van der Waals surface area (Å²) in [5, 5.41) is 0. The van der Waals surface area contributed by atoms with Gasteiger partial charge in [-0.2, -0.15) is 0 Å². The zero-order valence-electron chi connectivity index (χ0n) is 12.2. The number of ether oxygens (including phenoxy) is 1. The summed E-state index contributed by atoms with van der Waals surface area (Å²) < 4.78 is 5.41. The SMILES string of the molecule is O=CCCOc1ccc(C(=O)N2CCc3ccccc32)cc1. The first kappa shape index (κ1) is 14.3. The molecule has 0 aromatic heterocycles. The molecule has 0 bridgehead atoms. The number of rotatable bonds is 5. The van der Waals surface area contributed by atoms with Crippen LogP contribution in [0.5, 0.6) is 5.75 Å².